The van der Waals surface area contributed by atoms with Gasteiger partial charge in [0, 0.05) is 18.6 Å². The topological polar surface area (TPSA) is 36.2 Å². The van der Waals surface area contributed by atoms with Gasteiger partial charge in [0.1, 0.15) is 5.84 Å². The summed E-state index contributed by atoms with van der Waals surface area (Å²) in [6.45, 7) is 0. The molecule has 0 radical (unpaired) electrons. The van der Waals surface area contributed by atoms with E-state index in [4.69, 9.17) is 5.41 Å². The Morgan fingerprint density at radius 1 is 1.50 bits per heavy atom. The molecule has 0 aromatic heterocycles. The van der Waals surface area contributed by atoms with E-state index in [9.17, 15) is 0 Å². The fourth-order valence-electron chi connectivity index (χ4n) is 1.25. The highest BCUT2D eigenvalue weighted by Crippen LogP contribution is 2.20. The molecule has 2 aliphatic rings. The van der Waals surface area contributed by atoms with Gasteiger partial charge in [-0.25, -0.2) is 4.99 Å². The van der Waals surface area contributed by atoms with Crippen molar-refractivity contribution in [1.29, 1.82) is 5.41 Å². The van der Waals surface area contributed by atoms with Crippen LogP contribution in [0, 0.1) is 5.41 Å². The van der Waals surface area contributed by atoms with Gasteiger partial charge in [-0.3, -0.25) is 5.41 Å². The highest BCUT2D eigenvalue weighted by molar-refractivity contribution is 6.16. The van der Waals surface area contributed by atoms with Crippen molar-refractivity contribution >= 4 is 11.5 Å². The minimum Gasteiger partial charge on any atom is -0.286 e. The highest BCUT2D eigenvalue weighted by atomic mass is 14.9. The van der Waals surface area contributed by atoms with Gasteiger partial charge in [0.2, 0.25) is 0 Å². The second-order valence-electron chi connectivity index (χ2n) is 2.51. The summed E-state index contributed by atoms with van der Waals surface area (Å²) in [6, 6.07) is 0. The third kappa shape index (κ3) is 0.727. The van der Waals surface area contributed by atoms with Crippen molar-refractivity contribution in [3.05, 3.63) is 23.8 Å². The molecule has 0 aromatic carbocycles. The Labute approximate surface area is 59.5 Å². The van der Waals surface area contributed by atoms with Crippen molar-refractivity contribution in [1.82, 2.24) is 0 Å². The van der Waals surface area contributed by atoms with Crippen molar-refractivity contribution in [3.63, 3.8) is 0 Å². The molecule has 1 aliphatic carbocycles. The summed E-state index contributed by atoms with van der Waals surface area (Å²) >= 11 is 0. The molecular weight excluding hydrogens is 124 g/mol. The van der Waals surface area contributed by atoms with E-state index in [-0.39, 0.29) is 0 Å². The number of hydrogen-bond donors (Lipinski definition) is 1. The van der Waals surface area contributed by atoms with Crippen LogP contribution in [0.3, 0.4) is 0 Å². The number of aliphatic imine (C=N–C) groups is 1. The number of allylic oxidation sites excluding steroid dienone is 3. The van der Waals surface area contributed by atoms with Crippen molar-refractivity contribution < 1.29 is 0 Å². The zero-order valence-electron chi connectivity index (χ0n) is 5.59. The minimum atomic E-state index is 0.505. The first-order valence-corrected chi connectivity index (χ1v) is 3.37. The van der Waals surface area contributed by atoms with Gasteiger partial charge >= 0.3 is 0 Å². The zero-order chi connectivity index (χ0) is 6.97. The zero-order valence-corrected chi connectivity index (χ0v) is 5.59. The first kappa shape index (κ1) is 5.59. The number of hydrogen-bond acceptors (Lipinski definition) is 1. The second kappa shape index (κ2) is 1.90. The summed E-state index contributed by atoms with van der Waals surface area (Å²) in [5.41, 5.74) is 2.32. The van der Waals surface area contributed by atoms with E-state index in [2.05, 4.69) is 11.1 Å². The quantitative estimate of drug-likeness (QED) is 0.520. The van der Waals surface area contributed by atoms with Crippen molar-refractivity contribution in [2.45, 2.75) is 12.8 Å². The SMILES string of the molecule is N=C1CC2=CC=CCC2=N1. The van der Waals surface area contributed by atoms with Crippen molar-refractivity contribution in [2.24, 2.45) is 4.99 Å². The van der Waals surface area contributed by atoms with E-state index in [0.717, 1.165) is 18.6 Å². The van der Waals surface area contributed by atoms with Crippen LogP contribution in [0.1, 0.15) is 12.8 Å². The first-order chi connectivity index (χ1) is 4.86. The van der Waals surface area contributed by atoms with Gasteiger partial charge in [0.15, 0.2) is 0 Å². The lowest BCUT2D eigenvalue weighted by Crippen LogP contribution is -1.97. The molecule has 0 atom stereocenters. The molecule has 0 aromatic rings. The molecule has 0 bridgehead atoms. The number of nitrogens with zero attached hydrogens (tertiary/aromatic N) is 1. The van der Waals surface area contributed by atoms with E-state index in [1.165, 1.54) is 5.57 Å². The van der Waals surface area contributed by atoms with Crippen molar-refractivity contribution in [3.8, 4) is 0 Å². The Balaban J connectivity index is 2.41. The number of amidine groups is 1. The Morgan fingerprint density at radius 3 is 3.20 bits per heavy atom. The van der Waals surface area contributed by atoms with Gasteiger partial charge in [-0.05, 0) is 5.57 Å². The Hall–Kier alpha value is -1.18. The normalized spacial score (nSPS) is 22.2. The first-order valence-electron chi connectivity index (χ1n) is 3.37. The summed E-state index contributed by atoms with van der Waals surface area (Å²) in [4.78, 5) is 4.09. The molecule has 0 saturated heterocycles. The number of nitrogens with one attached hydrogen (secondary N) is 1. The molecule has 1 aliphatic heterocycles. The molecule has 2 rings (SSSR count). The summed E-state index contributed by atoms with van der Waals surface area (Å²) in [5, 5.41) is 7.29. The van der Waals surface area contributed by atoms with Crippen LogP contribution in [0.25, 0.3) is 0 Å². The van der Waals surface area contributed by atoms with Gasteiger partial charge in [-0.15, -0.1) is 0 Å². The van der Waals surface area contributed by atoms with Crippen LogP contribution in [0.5, 0.6) is 0 Å². The monoisotopic (exact) mass is 132 g/mol. The maximum atomic E-state index is 7.29. The van der Waals surface area contributed by atoms with E-state index < -0.39 is 0 Å². The Kier molecular flexibility index (Phi) is 1.07. The van der Waals surface area contributed by atoms with E-state index in [1.807, 2.05) is 12.2 Å². The second-order valence-corrected chi connectivity index (χ2v) is 2.51. The van der Waals surface area contributed by atoms with Gasteiger partial charge in [-0.2, -0.15) is 0 Å². The highest BCUT2D eigenvalue weighted by Gasteiger charge is 2.16. The summed E-state index contributed by atoms with van der Waals surface area (Å²) in [6.07, 6.45) is 7.80. The maximum absolute atomic E-state index is 7.29. The lowest BCUT2D eigenvalue weighted by molar-refractivity contribution is 1.32. The predicted molar refractivity (Wildman–Crippen MR) is 41.6 cm³/mol. The van der Waals surface area contributed by atoms with Crippen LogP contribution >= 0.6 is 0 Å². The van der Waals surface area contributed by atoms with E-state index in [0.29, 0.717) is 5.84 Å². The Morgan fingerprint density at radius 2 is 2.40 bits per heavy atom. The molecule has 0 fully saturated rings. The lowest BCUT2D eigenvalue weighted by Gasteiger charge is -2.01. The fraction of sp³-hybridized carbons (Fsp3) is 0.250. The number of rotatable bonds is 0. The predicted octanol–water partition coefficient (Wildman–Crippen LogP) is 1.69. The molecular formula is C8H8N2. The molecule has 1 heterocycles. The van der Waals surface area contributed by atoms with Crippen LogP contribution in [-0.4, -0.2) is 11.5 Å². The molecule has 1 N–H and O–H groups in total. The van der Waals surface area contributed by atoms with Crippen molar-refractivity contribution in [2.75, 3.05) is 0 Å². The third-order valence-electron chi connectivity index (χ3n) is 1.74. The van der Waals surface area contributed by atoms with Gasteiger partial charge in [0.05, 0.1) is 0 Å². The van der Waals surface area contributed by atoms with Crippen LogP contribution < -0.4 is 0 Å². The summed E-state index contributed by atoms with van der Waals surface area (Å²) in [7, 11) is 0. The van der Waals surface area contributed by atoms with Crippen LogP contribution in [0.15, 0.2) is 28.8 Å². The van der Waals surface area contributed by atoms with Crippen LogP contribution in [0.4, 0.5) is 0 Å². The summed E-state index contributed by atoms with van der Waals surface area (Å²) in [5.74, 6) is 0.505. The smallest absolute Gasteiger partial charge is 0.125 e. The van der Waals surface area contributed by atoms with E-state index in [1.54, 1.807) is 0 Å². The lowest BCUT2D eigenvalue weighted by atomic mass is 10.0. The fourth-order valence-corrected chi connectivity index (χ4v) is 1.25. The summed E-state index contributed by atoms with van der Waals surface area (Å²) < 4.78 is 0. The molecule has 50 valence electrons. The van der Waals surface area contributed by atoms with Gasteiger partial charge < -0.3 is 0 Å². The average molecular weight is 132 g/mol. The standard InChI is InChI=1S/C8H8N2/c9-8-5-6-3-1-2-4-7(6)10-8/h1-3,9H,4-5H2. The van der Waals surface area contributed by atoms with Gasteiger partial charge in [0.25, 0.3) is 0 Å². The average Bonchev–Trinajstić information content (AvgIpc) is 2.27. The molecule has 0 unspecified atom stereocenters. The minimum absolute atomic E-state index is 0.505. The molecule has 2 heteroatoms. The molecule has 0 saturated carbocycles. The van der Waals surface area contributed by atoms with Crippen LogP contribution in [0.2, 0.25) is 0 Å². The molecule has 0 amide bonds. The molecule has 0 spiro atoms. The van der Waals surface area contributed by atoms with Crippen LogP contribution in [-0.2, 0) is 0 Å². The molecule has 10 heavy (non-hydrogen) atoms. The largest absolute Gasteiger partial charge is 0.286 e. The maximum Gasteiger partial charge on any atom is 0.125 e. The third-order valence-corrected chi connectivity index (χ3v) is 1.74. The number of fused-ring (bicyclic) bond motifs is 1. The van der Waals surface area contributed by atoms with E-state index >= 15 is 0 Å². The Bertz CT molecular complexity index is 269. The molecule has 2 nitrogen and oxygen atoms in total. The van der Waals surface area contributed by atoms with Gasteiger partial charge in [-0.1, -0.05) is 18.2 Å².